The van der Waals surface area contributed by atoms with Gasteiger partial charge in [-0.25, -0.2) is 4.79 Å². The molecule has 0 unspecified atom stereocenters. The number of ether oxygens (including phenoxy) is 2. The lowest BCUT2D eigenvalue weighted by molar-refractivity contribution is -0.134. The Morgan fingerprint density at radius 1 is 1.03 bits per heavy atom. The van der Waals surface area contributed by atoms with E-state index in [0.29, 0.717) is 6.61 Å². The number of methoxy groups -OCH3 is 1. The molecule has 0 bridgehead atoms. The summed E-state index contributed by atoms with van der Waals surface area (Å²) < 4.78 is 17.7. The van der Waals surface area contributed by atoms with Crippen molar-refractivity contribution in [3.05, 3.63) is 85.0 Å². The standard InChI is InChI=1S/C26H32O4Si/c1-25(2,3)31(21-14-8-6-9-15-21,22-16-10-7-11-17-22)30-23(26(4)20-29-26)18-12-13-19-24(27)28-5/h6-19,23H,20H2,1-5H3/b18-12+,19-13+/t23-,26-/m1/s1. The van der Waals surface area contributed by atoms with Gasteiger partial charge in [0.2, 0.25) is 0 Å². The Balaban J connectivity index is 2.09. The molecule has 0 N–H and O–H groups in total. The molecule has 2 atom stereocenters. The van der Waals surface area contributed by atoms with Crippen molar-refractivity contribution >= 4 is 24.7 Å². The second kappa shape index (κ2) is 9.35. The zero-order valence-electron chi connectivity index (χ0n) is 19.0. The van der Waals surface area contributed by atoms with E-state index in [-0.39, 0.29) is 22.7 Å². The Morgan fingerprint density at radius 2 is 1.55 bits per heavy atom. The first-order valence-corrected chi connectivity index (χ1v) is 12.5. The average molecular weight is 437 g/mol. The monoisotopic (exact) mass is 436 g/mol. The largest absolute Gasteiger partial charge is 0.466 e. The molecule has 2 aromatic carbocycles. The lowest BCUT2D eigenvalue weighted by Gasteiger charge is -2.45. The summed E-state index contributed by atoms with van der Waals surface area (Å²) in [6.07, 6.45) is 6.64. The minimum Gasteiger partial charge on any atom is -0.466 e. The molecule has 0 radical (unpaired) electrons. The Morgan fingerprint density at radius 3 is 1.97 bits per heavy atom. The summed E-state index contributed by atoms with van der Waals surface area (Å²) in [5, 5.41) is 2.32. The van der Waals surface area contributed by atoms with Gasteiger partial charge < -0.3 is 13.9 Å². The van der Waals surface area contributed by atoms with Crippen LogP contribution in [0.3, 0.4) is 0 Å². The molecule has 2 aromatic rings. The van der Waals surface area contributed by atoms with E-state index in [4.69, 9.17) is 9.16 Å². The maximum atomic E-state index is 11.4. The third kappa shape index (κ3) is 5.06. The molecule has 0 spiro atoms. The third-order valence-electron chi connectivity index (χ3n) is 5.75. The molecule has 0 amide bonds. The second-order valence-corrected chi connectivity index (χ2v) is 13.3. The molecule has 1 saturated heterocycles. The Hall–Kier alpha value is -2.47. The summed E-state index contributed by atoms with van der Waals surface area (Å²) in [5.41, 5.74) is -0.386. The van der Waals surface area contributed by atoms with Gasteiger partial charge in [-0.2, -0.15) is 0 Å². The average Bonchev–Trinajstić information content (AvgIpc) is 3.51. The SMILES string of the molecule is COC(=O)/C=C/C=C/[C@@H](O[Si](c1ccccc1)(c1ccccc1)C(C)(C)C)[C@@]1(C)CO1. The molecular formula is C26H32O4Si. The molecule has 0 aromatic heterocycles. The number of epoxide rings is 1. The van der Waals surface area contributed by atoms with Crippen molar-refractivity contribution in [3.63, 3.8) is 0 Å². The van der Waals surface area contributed by atoms with Gasteiger partial charge in [0.1, 0.15) is 5.60 Å². The minimum atomic E-state index is -2.72. The van der Waals surface area contributed by atoms with Gasteiger partial charge >= 0.3 is 5.97 Å². The van der Waals surface area contributed by atoms with Crippen LogP contribution in [0.4, 0.5) is 0 Å². The van der Waals surface area contributed by atoms with Crippen LogP contribution < -0.4 is 10.4 Å². The van der Waals surface area contributed by atoms with Crippen LogP contribution in [0, 0.1) is 0 Å². The van der Waals surface area contributed by atoms with Crippen LogP contribution in [0.1, 0.15) is 27.7 Å². The van der Waals surface area contributed by atoms with E-state index in [1.807, 2.05) is 24.3 Å². The van der Waals surface area contributed by atoms with Crippen molar-refractivity contribution in [2.45, 2.75) is 44.4 Å². The summed E-state index contributed by atoms with van der Waals surface area (Å²) in [6, 6.07) is 21.1. The van der Waals surface area contributed by atoms with Crippen LogP contribution >= 0.6 is 0 Å². The van der Waals surface area contributed by atoms with Crippen LogP contribution in [-0.4, -0.2) is 39.7 Å². The smallest absolute Gasteiger partial charge is 0.330 e. The summed E-state index contributed by atoms with van der Waals surface area (Å²) in [5.74, 6) is -0.386. The van der Waals surface area contributed by atoms with Gasteiger partial charge in [-0.05, 0) is 22.3 Å². The number of benzene rings is 2. The Kier molecular flexibility index (Phi) is 6.99. The Labute approximate surface area is 186 Å². The molecular weight excluding hydrogens is 404 g/mol. The summed E-state index contributed by atoms with van der Waals surface area (Å²) >= 11 is 0. The highest BCUT2D eigenvalue weighted by atomic mass is 28.4. The molecule has 31 heavy (non-hydrogen) atoms. The molecule has 3 rings (SSSR count). The predicted molar refractivity (Wildman–Crippen MR) is 127 cm³/mol. The van der Waals surface area contributed by atoms with Crippen LogP contribution in [-0.2, 0) is 18.7 Å². The number of carbonyl (C=O) groups excluding carboxylic acids is 1. The zero-order valence-corrected chi connectivity index (χ0v) is 20.0. The maximum absolute atomic E-state index is 11.4. The topological polar surface area (TPSA) is 48.1 Å². The highest BCUT2D eigenvalue weighted by Gasteiger charge is 2.56. The van der Waals surface area contributed by atoms with E-state index >= 15 is 0 Å². The first kappa shape index (κ1) is 23.2. The molecule has 0 aliphatic carbocycles. The number of carbonyl (C=O) groups is 1. The highest BCUT2D eigenvalue weighted by Crippen LogP contribution is 2.41. The van der Waals surface area contributed by atoms with Crippen LogP contribution in [0.5, 0.6) is 0 Å². The second-order valence-electron chi connectivity index (χ2n) is 9.07. The summed E-state index contributed by atoms with van der Waals surface area (Å²) in [7, 11) is -1.35. The first-order valence-electron chi connectivity index (χ1n) is 10.6. The molecule has 5 heteroatoms. The van der Waals surface area contributed by atoms with Gasteiger partial charge in [0.25, 0.3) is 8.32 Å². The number of rotatable bonds is 8. The van der Waals surface area contributed by atoms with Crippen LogP contribution in [0.15, 0.2) is 85.0 Å². The van der Waals surface area contributed by atoms with Crippen LogP contribution in [0.2, 0.25) is 5.04 Å². The third-order valence-corrected chi connectivity index (χ3v) is 10.8. The van der Waals surface area contributed by atoms with E-state index in [2.05, 4.69) is 81.0 Å². The van der Waals surface area contributed by atoms with Crippen molar-refractivity contribution in [2.24, 2.45) is 0 Å². The molecule has 1 aliphatic heterocycles. The fourth-order valence-corrected chi connectivity index (χ4v) is 8.62. The van der Waals surface area contributed by atoms with Gasteiger partial charge in [0.05, 0.1) is 19.8 Å². The van der Waals surface area contributed by atoms with Gasteiger partial charge in [-0.15, -0.1) is 0 Å². The normalized spacial score (nSPS) is 20.2. The quantitative estimate of drug-likeness (QED) is 0.206. The van der Waals surface area contributed by atoms with Gasteiger partial charge in [-0.1, -0.05) is 99.7 Å². The predicted octanol–water partition coefficient (Wildman–Crippen LogP) is 4.01. The number of hydrogen-bond donors (Lipinski definition) is 0. The minimum absolute atomic E-state index is 0.130. The Bertz CT molecular complexity index is 885. The van der Waals surface area contributed by atoms with Crippen molar-refractivity contribution in [1.29, 1.82) is 0 Å². The van der Waals surface area contributed by atoms with Crippen molar-refractivity contribution < 1.29 is 18.7 Å². The van der Waals surface area contributed by atoms with Gasteiger partial charge in [-0.3, -0.25) is 0 Å². The van der Waals surface area contributed by atoms with Crippen LogP contribution in [0.25, 0.3) is 0 Å². The molecule has 164 valence electrons. The maximum Gasteiger partial charge on any atom is 0.330 e. The van der Waals surface area contributed by atoms with Crippen molar-refractivity contribution in [1.82, 2.24) is 0 Å². The van der Waals surface area contributed by atoms with Crippen molar-refractivity contribution in [2.75, 3.05) is 13.7 Å². The fraction of sp³-hybridized carbons (Fsp3) is 0.346. The number of allylic oxidation sites excluding steroid dienone is 2. The van der Waals surface area contributed by atoms with Crippen molar-refractivity contribution in [3.8, 4) is 0 Å². The number of hydrogen-bond acceptors (Lipinski definition) is 4. The lowest BCUT2D eigenvalue weighted by atomic mass is 10.1. The van der Waals surface area contributed by atoms with Gasteiger partial charge in [0.15, 0.2) is 0 Å². The molecule has 4 nitrogen and oxygen atoms in total. The molecule has 0 saturated carbocycles. The highest BCUT2D eigenvalue weighted by molar-refractivity contribution is 6.99. The molecule has 1 heterocycles. The molecule has 1 aliphatic rings. The van der Waals surface area contributed by atoms with E-state index in [1.54, 1.807) is 6.08 Å². The molecule has 1 fully saturated rings. The van der Waals surface area contributed by atoms with E-state index in [1.165, 1.54) is 23.6 Å². The zero-order chi connectivity index (χ0) is 22.5. The van der Waals surface area contributed by atoms with E-state index in [0.717, 1.165) is 0 Å². The van der Waals surface area contributed by atoms with Gasteiger partial charge in [0, 0.05) is 6.08 Å². The van der Waals surface area contributed by atoms with E-state index in [9.17, 15) is 4.79 Å². The van der Waals surface area contributed by atoms with E-state index < -0.39 is 8.32 Å². The number of esters is 1. The summed E-state index contributed by atoms with van der Waals surface area (Å²) in [6.45, 7) is 9.48. The first-order chi connectivity index (χ1) is 14.7. The summed E-state index contributed by atoms with van der Waals surface area (Å²) in [4.78, 5) is 11.4. The lowest BCUT2D eigenvalue weighted by Crippen LogP contribution is -2.68. The fourth-order valence-electron chi connectivity index (χ4n) is 3.89.